The van der Waals surface area contributed by atoms with Crippen LogP contribution in [0.25, 0.3) is 9.40 Å². The molecule has 0 amide bonds. The average molecular weight is 369 g/mol. The molecule has 1 atom stereocenters. The van der Waals surface area contributed by atoms with Crippen molar-refractivity contribution in [3.63, 3.8) is 0 Å². The molecule has 0 aliphatic carbocycles. The van der Waals surface area contributed by atoms with E-state index in [4.69, 9.17) is 4.74 Å². The van der Waals surface area contributed by atoms with E-state index in [1.807, 2.05) is 18.2 Å². The number of halogens is 1. The third kappa shape index (κ3) is 2.76. The van der Waals surface area contributed by atoms with Crippen molar-refractivity contribution in [1.29, 1.82) is 0 Å². The summed E-state index contributed by atoms with van der Waals surface area (Å²) in [5.41, 5.74) is 1.09. The molecule has 0 spiro atoms. The van der Waals surface area contributed by atoms with E-state index in [0.29, 0.717) is 6.42 Å². The maximum Gasteiger partial charge on any atom is 0.133 e. The van der Waals surface area contributed by atoms with Crippen molar-refractivity contribution in [2.24, 2.45) is 0 Å². The van der Waals surface area contributed by atoms with Crippen molar-refractivity contribution in [2.75, 3.05) is 7.11 Å². The summed E-state index contributed by atoms with van der Waals surface area (Å²) in [5, 5.41) is 12.5. The van der Waals surface area contributed by atoms with Crippen molar-refractivity contribution in [3.05, 3.63) is 50.6 Å². The largest absolute Gasteiger partial charge is 0.496 e. The Hall–Kier alpha value is -0.880. The van der Waals surface area contributed by atoms with Gasteiger partial charge in [0.15, 0.2) is 0 Å². The second-order valence-electron chi connectivity index (χ2n) is 4.49. The Morgan fingerprint density at radius 2 is 2.10 bits per heavy atom. The van der Waals surface area contributed by atoms with Crippen molar-refractivity contribution in [1.82, 2.24) is 0 Å². The summed E-state index contributed by atoms with van der Waals surface area (Å²) in [6.07, 6.45) is 0.149. The summed E-state index contributed by atoms with van der Waals surface area (Å²) in [5.74, 6) is 0.805. The number of hydrogen-bond donors (Lipinski definition) is 1. The molecule has 3 aromatic rings. The number of rotatable bonds is 4. The smallest absolute Gasteiger partial charge is 0.133 e. The number of ether oxygens (including phenoxy) is 1. The monoisotopic (exact) mass is 368 g/mol. The van der Waals surface area contributed by atoms with Crippen LogP contribution in [0.2, 0.25) is 0 Å². The molecular formula is C15H13BrO2S2. The zero-order valence-electron chi connectivity index (χ0n) is 10.8. The van der Waals surface area contributed by atoms with Crippen LogP contribution < -0.4 is 4.74 Å². The molecule has 0 radical (unpaired) electrons. The number of hydrogen-bond acceptors (Lipinski definition) is 4. The number of thiophene rings is 2. The highest BCUT2D eigenvalue weighted by atomic mass is 79.9. The first kappa shape index (κ1) is 14.1. The van der Waals surface area contributed by atoms with Crippen LogP contribution in [0.1, 0.15) is 16.5 Å². The van der Waals surface area contributed by atoms with Gasteiger partial charge in [-0.1, -0.05) is 6.07 Å². The van der Waals surface area contributed by atoms with Crippen LogP contribution in [-0.2, 0) is 6.42 Å². The van der Waals surface area contributed by atoms with Gasteiger partial charge in [0.25, 0.3) is 0 Å². The molecule has 2 heterocycles. The van der Waals surface area contributed by atoms with Crippen molar-refractivity contribution < 1.29 is 9.84 Å². The van der Waals surface area contributed by atoms with Crippen LogP contribution in [0.3, 0.4) is 0 Å². The molecule has 0 aliphatic heterocycles. The van der Waals surface area contributed by atoms with Gasteiger partial charge in [-0.3, -0.25) is 0 Å². The summed E-state index contributed by atoms with van der Waals surface area (Å²) in [6.45, 7) is 0. The Morgan fingerprint density at radius 3 is 2.80 bits per heavy atom. The highest BCUT2D eigenvalue weighted by Gasteiger charge is 2.13. The maximum atomic E-state index is 10.4. The predicted octanol–water partition coefficient (Wildman–Crippen LogP) is 5.01. The molecule has 20 heavy (non-hydrogen) atoms. The van der Waals surface area contributed by atoms with E-state index in [1.165, 1.54) is 9.40 Å². The quantitative estimate of drug-likeness (QED) is 0.701. The van der Waals surface area contributed by atoms with Crippen LogP contribution in [0, 0.1) is 0 Å². The molecule has 1 N–H and O–H groups in total. The van der Waals surface area contributed by atoms with E-state index in [9.17, 15) is 5.11 Å². The molecule has 5 heteroatoms. The van der Waals surface area contributed by atoms with Crippen LogP contribution in [0.15, 0.2) is 40.2 Å². The molecule has 0 fully saturated rings. The molecule has 0 bridgehead atoms. The standard InChI is InChI=1S/C15H13BrO2S2/c1-18-12-3-2-9(6-10(12)16)7-11(17)14-8-15-13(20-14)4-5-19-15/h2-6,8,11,17H,7H2,1H3. The van der Waals surface area contributed by atoms with Gasteiger partial charge in [0.2, 0.25) is 0 Å². The van der Waals surface area contributed by atoms with E-state index in [-0.39, 0.29) is 0 Å². The van der Waals surface area contributed by atoms with Gasteiger partial charge in [0.05, 0.1) is 17.7 Å². The lowest BCUT2D eigenvalue weighted by Gasteiger charge is -2.10. The fourth-order valence-electron chi connectivity index (χ4n) is 2.11. The summed E-state index contributed by atoms with van der Waals surface area (Å²) >= 11 is 6.85. The third-order valence-corrected chi connectivity index (χ3v) is 5.95. The van der Waals surface area contributed by atoms with Crippen LogP contribution in [-0.4, -0.2) is 12.2 Å². The first-order valence-corrected chi connectivity index (χ1v) is 8.63. The minimum Gasteiger partial charge on any atom is -0.496 e. The Labute approximate surface area is 133 Å². The molecule has 2 aromatic heterocycles. The van der Waals surface area contributed by atoms with E-state index in [1.54, 1.807) is 29.8 Å². The SMILES string of the molecule is COc1ccc(CC(O)c2cc3sccc3s2)cc1Br. The summed E-state index contributed by atoms with van der Waals surface area (Å²) in [6, 6.07) is 10.1. The van der Waals surface area contributed by atoms with Gasteiger partial charge in [-0.05, 0) is 51.1 Å². The fraction of sp³-hybridized carbons (Fsp3) is 0.200. The minimum atomic E-state index is -0.458. The Morgan fingerprint density at radius 1 is 1.25 bits per heavy atom. The topological polar surface area (TPSA) is 29.5 Å². The zero-order chi connectivity index (χ0) is 14.1. The van der Waals surface area contributed by atoms with Gasteiger partial charge in [0, 0.05) is 20.7 Å². The Balaban J connectivity index is 1.79. The number of benzene rings is 1. The first-order valence-electron chi connectivity index (χ1n) is 6.15. The zero-order valence-corrected chi connectivity index (χ0v) is 14.0. The molecule has 3 rings (SSSR count). The van der Waals surface area contributed by atoms with E-state index in [0.717, 1.165) is 20.7 Å². The Kier molecular flexibility index (Phi) is 4.12. The second-order valence-corrected chi connectivity index (χ2v) is 7.40. The van der Waals surface area contributed by atoms with E-state index >= 15 is 0 Å². The lowest BCUT2D eigenvalue weighted by molar-refractivity contribution is 0.182. The van der Waals surface area contributed by atoms with Gasteiger partial charge in [0.1, 0.15) is 5.75 Å². The van der Waals surface area contributed by atoms with Gasteiger partial charge in [-0.25, -0.2) is 0 Å². The molecule has 0 saturated heterocycles. The lowest BCUT2D eigenvalue weighted by atomic mass is 10.1. The second kappa shape index (κ2) is 5.85. The van der Waals surface area contributed by atoms with Crippen LogP contribution in [0.4, 0.5) is 0 Å². The minimum absolute atomic E-state index is 0.458. The molecule has 1 unspecified atom stereocenters. The number of fused-ring (bicyclic) bond motifs is 1. The molecule has 1 aromatic carbocycles. The summed E-state index contributed by atoms with van der Waals surface area (Å²) in [4.78, 5) is 1.03. The van der Waals surface area contributed by atoms with E-state index < -0.39 is 6.10 Å². The predicted molar refractivity (Wildman–Crippen MR) is 89.1 cm³/mol. The van der Waals surface area contributed by atoms with Gasteiger partial charge in [-0.15, -0.1) is 22.7 Å². The van der Waals surface area contributed by atoms with Crippen molar-refractivity contribution >= 4 is 48.0 Å². The first-order chi connectivity index (χ1) is 9.67. The van der Waals surface area contributed by atoms with Gasteiger partial charge >= 0.3 is 0 Å². The average Bonchev–Trinajstić information content (AvgIpc) is 2.99. The lowest BCUT2D eigenvalue weighted by Crippen LogP contribution is -1.99. The fourth-order valence-corrected chi connectivity index (χ4v) is 4.80. The number of aliphatic hydroxyl groups is 1. The van der Waals surface area contributed by atoms with Crippen LogP contribution >= 0.6 is 38.6 Å². The van der Waals surface area contributed by atoms with Gasteiger partial charge < -0.3 is 9.84 Å². The Bertz CT molecular complexity index is 704. The highest BCUT2D eigenvalue weighted by Crippen LogP contribution is 2.35. The number of methoxy groups -OCH3 is 1. The van der Waals surface area contributed by atoms with Crippen molar-refractivity contribution in [2.45, 2.75) is 12.5 Å². The summed E-state index contributed by atoms with van der Waals surface area (Å²) < 4.78 is 8.63. The van der Waals surface area contributed by atoms with E-state index in [2.05, 4.69) is 33.4 Å². The molecule has 0 saturated carbocycles. The molecule has 2 nitrogen and oxygen atoms in total. The van der Waals surface area contributed by atoms with Crippen LogP contribution in [0.5, 0.6) is 5.75 Å². The summed E-state index contributed by atoms with van der Waals surface area (Å²) in [7, 11) is 1.65. The van der Waals surface area contributed by atoms with Crippen molar-refractivity contribution in [3.8, 4) is 5.75 Å². The molecular weight excluding hydrogens is 356 g/mol. The highest BCUT2D eigenvalue weighted by molar-refractivity contribution is 9.10. The number of aliphatic hydroxyl groups excluding tert-OH is 1. The molecule has 0 aliphatic rings. The third-order valence-electron chi connectivity index (χ3n) is 3.13. The van der Waals surface area contributed by atoms with Gasteiger partial charge in [-0.2, -0.15) is 0 Å². The maximum absolute atomic E-state index is 10.4. The molecule has 104 valence electrons. The normalized spacial score (nSPS) is 12.8.